The molecule has 1 aromatic rings. The molecule has 2 unspecified atom stereocenters. The third-order valence-corrected chi connectivity index (χ3v) is 7.77. The Labute approximate surface area is 220 Å². The molecule has 3 amide bonds. The average molecular weight is 514 g/mol. The van der Waals surface area contributed by atoms with Crippen molar-refractivity contribution in [3.63, 3.8) is 0 Å². The van der Waals surface area contributed by atoms with Crippen molar-refractivity contribution in [2.75, 3.05) is 6.54 Å². The number of rotatable bonds is 9. The Hall–Kier alpha value is -2.84. The van der Waals surface area contributed by atoms with E-state index in [1.807, 2.05) is 20.8 Å². The molecule has 1 aromatic heterocycles. The summed E-state index contributed by atoms with van der Waals surface area (Å²) in [7, 11) is 0. The van der Waals surface area contributed by atoms with Gasteiger partial charge in [-0.2, -0.15) is 0 Å². The molecule has 2 aliphatic rings. The number of nitrogens with zero attached hydrogens (tertiary/aromatic N) is 3. The first-order chi connectivity index (χ1) is 17.5. The lowest BCUT2D eigenvalue weighted by molar-refractivity contribution is -0.144. The number of Topliss-reactive ketones (excluding diaryl/α,β-unsaturated/α-hetero) is 1. The van der Waals surface area contributed by atoms with Gasteiger partial charge in [0.15, 0.2) is 5.78 Å². The quantitative estimate of drug-likeness (QED) is 0.523. The van der Waals surface area contributed by atoms with Gasteiger partial charge in [0.25, 0.3) is 5.91 Å². The lowest BCUT2D eigenvalue weighted by Crippen LogP contribution is -2.61. The van der Waals surface area contributed by atoms with E-state index in [-0.39, 0.29) is 35.1 Å². The summed E-state index contributed by atoms with van der Waals surface area (Å²) in [5.74, 6) is -0.973. The Kier molecular flexibility index (Phi) is 9.79. The highest BCUT2D eigenvalue weighted by molar-refractivity contribution is 5.98. The summed E-state index contributed by atoms with van der Waals surface area (Å²) in [5.41, 5.74) is -0.453. The van der Waals surface area contributed by atoms with Crippen LogP contribution >= 0.6 is 0 Å². The fourth-order valence-corrected chi connectivity index (χ4v) is 5.87. The second kappa shape index (κ2) is 12.6. The van der Waals surface area contributed by atoms with Gasteiger partial charge in [0.05, 0.1) is 12.2 Å². The van der Waals surface area contributed by atoms with Crippen LogP contribution < -0.4 is 10.6 Å². The van der Waals surface area contributed by atoms with Gasteiger partial charge < -0.3 is 15.5 Å². The molecule has 1 aliphatic heterocycles. The van der Waals surface area contributed by atoms with Gasteiger partial charge in [0.2, 0.25) is 11.8 Å². The monoisotopic (exact) mass is 513 g/mol. The van der Waals surface area contributed by atoms with E-state index in [1.165, 1.54) is 18.6 Å². The molecule has 0 radical (unpaired) electrons. The van der Waals surface area contributed by atoms with E-state index in [9.17, 15) is 19.2 Å². The molecule has 9 nitrogen and oxygen atoms in total. The predicted octanol–water partition coefficient (Wildman–Crippen LogP) is 3.29. The Morgan fingerprint density at radius 2 is 1.76 bits per heavy atom. The molecule has 9 heteroatoms. The van der Waals surface area contributed by atoms with E-state index in [0.29, 0.717) is 6.54 Å². The smallest absolute Gasteiger partial charge is 0.272 e. The molecule has 2 heterocycles. The Bertz CT molecular complexity index is 955. The van der Waals surface area contributed by atoms with E-state index in [2.05, 4.69) is 27.5 Å². The molecule has 204 valence electrons. The minimum Gasteiger partial charge on any atom is -0.342 e. The Morgan fingerprint density at radius 1 is 1.05 bits per heavy atom. The molecule has 0 spiro atoms. The summed E-state index contributed by atoms with van der Waals surface area (Å²) in [5, 5.41) is 5.89. The first-order valence-corrected chi connectivity index (χ1v) is 13.7. The van der Waals surface area contributed by atoms with Crippen molar-refractivity contribution in [2.24, 2.45) is 17.3 Å². The normalized spacial score (nSPS) is 22.2. The molecule has 4 atom stereocenters. The lowest BCUT2D eigenvalue weighted by atomic mass is 9.82. The van der Waals surface area contributed by atoms with Crippen LogP contribution in [0.2, 0.25) is 0 Å². The number of carbonyl (C=O) groups is 4. The number of carbonyl (C=O) groups excluding carboxylic acids is 4. The minimum absolute atomic E-state index is 0.0143. The van der Waals surface area contributed by atoms with Crippen LogP contribution in [0.25, 0.3) is 0 Å². The maximum Gasteiger partial charge on any atom is 0.272 e. The topological polar surface area (TPSA) is 121 Å². The molecule has 1 aliphatic carbocycles. The van der Waals surface area contributed by atoms with E-state index in [4.69, 9.17) is 0 Å². The standard InChI is InChI=1S/C28H43N5O4/c1-6-10-20-13-16-33(23(20)18(2)34)27(37)24(28(3,4)5)32-26(36)22(19-11-8-7-9-12-19)31-25(35)21-17-29-14-15-30-21/h14-15,17,19-20,22-24H,6-13,16H2,1-5H3,(H,31,35)(H,32,36)/t20-,22-,23?,24?/m0/s1. The van der Waals surface area contributed by atoms with E-state index < -0.39 is 29.4 Å². The molecule has 1 saturated carbocycles. The van der Waals surface area contributed by atoms with Gasteiger partial charge in [0, 0.05) is 18.9 Å². The van der Waals surface area contributed by atoms with Gasteiger partial charge in [-0.1, -0.05) is 53.4 Å². The molecule has 3 rings (SSSR count). The fourth-order valence-electron chi connectivity index (χ4n) is 5.87. The van der Waals surface area contributed by atoms with Crippen LogP contribution in [0.4, 0.5) is 0 Å². The molecule has 2 fully saturated rings. The number of aromatic nitrogens is 2. The number of nitrogens with one attached hydrogen (secondary N) is 2. The SMILES string of the molecule is CCC[C@H]1CCN(C(=O)C(NC(=O)[C@@H](NC(=O)c2cnccn2)C2CCCCC2)C(C)(C)C)C1C(C)=O. The van der Waals surface area contributed by atoms with Crippen molar-refractivity contribution in [3.05, 3.63) is 24.3 Å². The van der Waals surface area contributed by atoms with Gasteiger partial charge >= 0.3 is 0 Å². The fraction of sp³-hybridized carbons (Fsp3) is 0.714. The molecule has 0 aromatic carbocycles. The number of amides is 3. The number of hydrogen-bond donors (Lipinski definition) is 2. The predicted molar refractivity (Wildman–Crippen MR) is 140 cm³/mol. The zero-order valence-electron chi connectivity index (χ0n) is 23.0. The van der Waals surface area contributed by atoms with Gasteiger partial charge in [-0.15, -0.1) is 0 Å². The van der Waals surface area contributed by atoms with E-state index >= 15 is 0 Å². The number of hydrogen-bond acceptors (Lipinski definition) is 6. The average Bonchev–Trinajstić information content (AvgIpc) is 3.30. The van der Waals surface area contributed by atoms with Crippen molar-refractivity contribution < 1.29 is 19.2 Å². The van der Waals surface area contributed by atoms with Crippen molar-refractivity contribution >= 4 is 23.5 Å². The van der Waals surface area contributed by atoms with E-state index in [1.54, 1.807) is 11.8 Å². The van der Waals surface area contributed by atoms with Crippen molar-refractivity contribution in [1.82, 2.24) is 25.5 Å². The first-order valence-electron chi connectivity index (χ1n) is 13.7. The molecule has 0 bridgehead atoms. The minimum atomic E-state index is -0.832. The summed E-state index contributed by atoms with van der Waals surface area (Å²) in [6.45, 7) is 9.86. The summed E-state index contributed by atoms with van der Waals surface area (Å²) < 4.78 is 0. The van der Waals surface area contributed by atoms with Crippen molar-refractivity contribution in [3.8, 4) is 0 Å². The van der Waals surface area contributed by atoms with Gasteiger partial charge in [-0.05, 0) is 49.9 Å². The largest absolute Gasteiger partial charge is 0.342 e. The Balaban J connectivity index is 1.83. The number of likely N-dealkylation sites (tertiary alicyclic amines) is 1. The highest BCUT2D eigenvalue weighted by Crippen LogP contribution is 2.32. The molecular weight excluding hydrogens is 470 g/mol. The highest BCUT2D eigenvalue weighted by Gasteiger charge is 2.45. The van der Waals surface area contributed by atoms with Crippen LogP contribution in [0.5, 0.6) is 0 Å². The van der Waals surface area contributed by atoms with Crippen LogP contribution in [0.1, 0.15) is 96.5 Å². The van der Waals surface area contributed by atoms with Gasteiger partial charge in [-0.25, -0.2) is 4.98 Å². The molecular formula is C28H43N5O4. The van der Waals surface area contributed by atoms with Crippen LogP contribution in [0, 0.1) is 17.3 Å². The molecule has 2 N–H and O–H groups in total. The lowest BCUT2D eigenvalue weighted by Gasteiger charge is -2.38. The van der Waals surface area contributed by atoms with Crippen LogP contribution in [0.15, 0.2) is 18.6 Å². The summed E-state index contributed by atoms with van der Waals surface area (Å²) in [6, 6.07) is -2.08. The third kappa shape index (κ3) is 7.14. The van der Waals surface area contributed by atoms with E-state index in [0.717, 1.165) is 51.4 Å². The maximum absolute atomic E-state index is 13.9. The number of ketones is 1. The summed E-state index contributed by atoms with van der Waals surface area (Å²) >= 11 is 0. The van der Waals surface area contributed by atoms with Crippen molar-refractivity contribution in [2.45, 2.75) is 104 Å². The second-order valence-electron chi connectivity index (χ2n) is 11.7. The summed E-state index contributed by atoms with van der Waals surface area (Å²) in [4.78, 5) is 62.9. The van der Waals surface area contributed by atoms with Crippen LogP contribution in [-0.2, 0) is 14.4 Å². The molecule has 1 saturated heterocycles. The maximum atomic E-state index is 13.9. The summed E-state index contributed by atoms with van der Waals surface area (Å²) in [6.07, 6.45) is 11.6. The van der Waals surface area contributed by atoms with Crippen molar-refractivity contribution in [1.29, 1.82) is 0 Å². The van der Waals surface area contributed by atoms with Crippen LogP contribution in [0.3, 0.4) is 0 Å². The highest BCUT2D eigenvalue weighted by atomic mass is 16.2. The third-order valence-electron chi connectivity index (χ3n) is 7.77. The first kappa shape index (κ1) is 28.7. The zero-order valence-corrected chi connectivity index (χ0v) is 23.0. The molecule has 37 heavy (non-hydrogen) atoms. The second-order valence-corrected chi connectivity index (χ2v) is 11.7. The zero-order chi connectivity index (χ0) is 27.2. The Morgan fingerprint density at radius 3 is 2.32 bits per heavy atom. The van der Waals surface area contributed by atoms with Gasteiger partial charge in [0.1, 0.15) is 17.8 Å². The van der Waals surface area contributed by atoms with Gasteiger partial charge in [-0.3, -0.25) is 24.2 Å². The van der Waals surface area contributed by atoms with Crippen LogP contribution in [-0.4, -0.2) is 63.0 Å².